The van der Waals surface area contributed by atoms with Crippen molar-refractivity contribution in [2.75, 3.05) is 0 Å². The number of nitriles is 1. The standard InChI is InChI=1S/C12H6ClNO2/c13-12(15)10-2-1-9-6-11(16-7-14)4-3-8(9)5-10/h1-6H. The van der Waals surface area contributed by atoms with E-state index in [4.69, 9.17) is 21.6 Å². The van der Waals surface area contributed by atoms with Crippen LogP contribution in [0.2, 0.25) is 0 Å². The van der Waals surface area contributed by atoms with E-state index in [1.54, 1.807) is 42.7 Å². The highest BCUT2D eigenvalue weighted by Crippen LogP contribution is 2.22. The molecule has 3 nitrogen and oxygen atoms in total. The monoisotopic (exact) mass is 231 g/mol. The first-order chi connectivity index (χ1) is 7.70. The average Bonchev–Trinajstić information content (AvgIpc) is 2.28. The van der Waals surface area contributed by atoms with E-state index < -0.39 is 5.24 Å². The molecule has 0 aliphatic carbocycles. The highest BCUT2D eigenvalue weighted by molar-refractivity contribution is 6.67. The van der Waals surface area contributed by atoms with Gasteiger partial charge < -0.3 is 4.74 Å². The zero-order chi connectivity index (χ0) is 11.5. The lowest BCUT2D eigenvalue weighted by molar-refractivity contribution is 0.108. The van der Waals surface area contributed by atoms with E-state index in [9.17, 15) is 4.79 Å². The molecular weight excluding hydrogens is 226 g/mol. The molecule has 0 N–H and O–H groups in total. The third-order valence-electron chi connectivity index (χ3n) is 2.20. The molecule has 0 bridgehead atoms. The third-order valence-corrected chi connectivity index (χ3v) is 2.42. The van der Waals surface area contributed by atoms with Crippen LogP contribution in [0.25, 0.3) is 10.8 Å². The van der Waals surface area contributed by atoms with Gasteiger partial charge in [0.05, 0.1) is 0 Å². The van der Waals surface area contributed by atoms with Crippen LogP contribution in [0.4, 0.5) is 0 Å². The summed E-state index contributed by atoms with van der Waals surface area (Å²) in [7, 11) is 0. The summed E-state index contributed by atoms with van der Waals surface area (Å²) >= 11 is 5.38. The van der Waals surface area contributed by atoms with Crippen molar-refractivity contribution in [3.8, 4) is 12.0 Å². The number of halogens is 1. The molecule has 0 saturated carbocycles. The second-order valence-electron chi connectivity index (χ2n) is 3.19. The van der Waals surface area contributed by atoms with Crippen molar-refractivity contribution in [3.63, 3.8) is 0 Å². The number of fused-ring (bicyclic) bond motifs is 1. The van der Waals surface area contributed by atoms with Gasteiger partial charge in [-0.1, -0.05) is 12.1 Å². The molecule has 0 radical (unpaired) electrons. The molecule has 16 heavy (non-hydrogen) atoms. The van der Waals surface area contributed by atoms with Crippen molar-refractivity contribution in [1.82, 2.24) is 0 Å². The van der Waals surface area contributed by atoms with Crippen LogP contribution in [-0.2, 0) is 0 Å². The molecule has 0 atom stereocenters. The van der Waals surface area contributed by atoms with Crippen molar-refractivity contribution in [3.05, 3.63) is 42.0 Å². The molecule has 0 saturated heterocycles. The predicted octanol–water partition coefficient (Wildman–Crippen LogP) is 3.08. The van der Waals surface area contributed by atoms with E-state index in [-0.39, 0.29) is 0 Å². The fraction of sp³-hybridized carbons (Fsp3) is 0. The first-order valence-corrected chi connectivity index (χ1v) is 4.88. The first-order valence-electron chi connectivity index (χ1n) is 4.50. The summed E-state index contributed by atoms with van der Waals surface area (Å²) in [6.45, 7) is 0. The highest BCUT2D eigenvalue weighted by atomic mass is 35.5. The van der Waals surface area contributed by atoms with Gasteiger partial charge in [0.2, 0.25) is 0 Å². The van der Waals surface area contributed by atoms with Gasteiger partial charge in [0, 0.05) is 5.56 Å². The minimum absolute atomic E-state index is 0.447. The fourth-order valence-corrected chi connectivity index (χ4v) is 1.58. The van der Waals surface area contributed by atoms with Gasteiger partial charge in [-0.2, -0.15) is 0 Å². The van der Waals surface area contributed by atoms with E-state index >= 15 is 0 Å². The normalized spacial score (nSPS) is 9.75. The maximum Gasteiger partial charge on any atom is 0.292 e. The van der Waals surface area contributed by atoms with E-state index in [1.807, 2.05) is 0 Å². The molecule has 78 valence electrons. The third kappa shape index (κ3) is 1.97. The zero-order valence-corrected chi connectivity index (χ0v) is 8.86. The summed E-state index contributed by atoms with van der Waals surface area (Å²) in [5.74, 6) is 0.472. The Morgan fingerprint density at radius 3 is 2.56 bits per heavy atom. The van der Waals surface area contributed by atoms with Crippen LogP contribution < -0.4 is 4.74 Å². The molecule has 2 rings (SSSR count). The number of hydrogen-bond donors (Lipinski definition) is 0. The van der Waals surface area contributed by atoms with Gasteiger partial charge in [-0.3, -0.25) is 4.79 Å². The number of rotatable bonds is 2. The maximum atomic E-state index is 11.0. The number of hydrogen-bond acceptors (Lipinski definition) is 3. The van der Waals surface area contributed by atoms with Gasteiger partial charge >= 0.3 is 0 Å². The van der Waals surface area contributed by atoms with Gasteiger partial charge in [-0.25, -0.2) is 0 Å². The quantitative estimate of drug-likeness (QED) is 0.590. The van der Waals surface area contributed by atoms with Crippen LogP contribution in [0.15, 0.2) is 36.4 Å². The molecular formula is C12H6ClNO2. The average molecular weight is 232 g/mol. The summed E-state index contributed by atoms with van der Waals surface area (Å²) < 4.78 is 4.70. The molecule has 0 aliphatic heterocycles. The summed E-state index contributed by atoms with van der Waals surface area (Å²) in [5.41, 5.74) is 0.447. The van der Waals surface area contributed by atoms with Crippen LogP contribution in [0.3, 0.4) is 0 Å². The minimum Gasteiger partial charge on any atom is -0.388 e. The van der Waals surface area contributed by atoms with Gasteiger partial charge in [0.15, 0.2) is 0 Å². The van der Waals surface area contributed by atoms with E-state index in [0.29, 0.717) is 11.3 Å². The van der Waals surface area contributed by atoms with Crippen molar-refractivity contribution in [2.45, 2.75) is 0 Å². The Balaban J connectivity index is 2.53. The minimum atomic E-state index is -0.487. The van der Waals surface area contributed by atoms with Crippen LogP contribution in [-0.4, -0.2) is 5.24 Å². The van der Waals surface area contributed by atoms with Crippen molar-refractivity contribution in [1.29, 1.82) is 5.26 Å². The molecule has 0 amide bonds. The van der Waals surface area contributed by atoms with Crippen molar-refractivity contribution < 1.29 is 9.53 Å². The van der Waals surface area contributed by atoms with Crippen molar-refractivity contribution in [2.24, 2.45) is 0 Å². The summed E-state index contributed by atoms with van der Waals surface area (Å²) in [5, 5.41) is 9.64. The van der Waals surface area contributed by atoms with Crippen LogP contribution in [0, 0.1) is 11.5 Å². The van der Waals surface area contributed by atoms with Gasteiger partial charge in [0.25, 0.3) is 11.5 Å². The van der Waals surface area contributed by atoms with Crippen LogP contribution in [0.5, 0.6) is 5.75 Å². The lowest BCUT2D eigenvalue weighted by Gasteiger charge is -2.01. The number of benzene rings is 2. The second-order valence-corrected chi connectivity index (χ2v) is 3.53. The Labute approximate surface area is 96.8 Å². The Morgan fingerprint density at radius 2 is 1.88 bits per heavy atom. The first kappa shape index (κ1) is 10.5. The molecule has 0 spiro atoms. The SMILES string of the molecule is N#COc1ccc2cc(C(=O)Cl)ccc2c1. The lowest BCUT2D eigenvalue weighted by Crippen LogP contribution is -1.88. The number of carbonyl (C=O) groups is 1. The molecule has 2 aromatic carbocycles. The van der Waals surface area contributed by atoms with Crippen LogP contribution >= 0.6 is 11.6 Å². The predicted molar refractivity (Wildman–Crippen MR) is 60.4 cm³/mol. The lowest BCUT2D eigenvalue weighted by atomic mass is 10.1. The fourth-order valence-electron chi connectivity index (χ4n) is 1.46. The van der Waals surface area contributed by atoms with E-state index in [2.05, 4.69) is 0 Å². The summed E-state index contributed by atoms with van der Waals surface area (Å²) in [6, 6.07) is 10.2. The second kappa shape index (κ2) is 4.21. The Morgan fingerprint density at radius 1 is 1.19 bits per heavy atom. The van der Waals surface area contributed by atoms with Gasteiger partial charge in [0.1, 0.15) is 5.75 Å². The Bertz CT molecular complexity index is 601. The van der Waals surface area contributed by atoms with E-state index in [0.717, 1.165) is 10.8 Å². The maximum absolute atomic E-state index is 11.0. The molecule has 0 aliphatic rings. The van der Waals surface area contributed by atoms with E-state index in [1.165, 1.54) is 0 Å². The Kier molecular flexibility index (Phi) is 2.76. The number of nitrogens with zero attached hydrogens (tertiary/aromatic N) is 1. The highest BCUT2D eigenvalue weighted by Gasteiger charge is 2.03. The molecule has 4 heteroatoms. The molecule has 0 unspecified atom stereocenters. The van der Waals surface area contributed by atoms with Gasteiger partial charge in [-0.15, -0.1) is 5.26 Å². The Hall–Kier alpha value is -2.05. The molecule has 0 aromatic heterocycles. The van der Waals surface area contributed by atoms with Crippen molar-refractivity contribution >= 4 is 27.6 Å². The largest absolute Gasteiger partial charge is 0.388 e. The zero-order valence-electron chi connectivity index (χ0n) is 8.11. The number of ether oxygens (including phenoxy) is 1. The summed E-state index contributed by atoms with van der Waals surface area (Å²) in [4.78, 5) is 11.0. The number of carbonyl (C=O) groups excluding carboxylic acids is 1. The molecule has 2 aromatic rings. The summed E-state index contributed by atoms with van der Waals surface area (Å²) in [6.07, 6.45) is 1.60. The van der Waals surface area contributed by atoms with Gasteiger partial charge in [-0.05, 0) is 46.6 Å². The molecule has 0 heterocycles. The topological polar surface area (TPSA) is 50.1 Å². The molecule has 0 fully saturated rings. The van der Waals surface area contributed by atoms with Crippen LogP contribution in [0.1, 0.15) is 10.4 Å². The smallest absolute Gasteiger partial charge is 0.292 e.